The first-order valence-electron chi connectivity index (χ1n) is 9.85. The summed E-state index contributed by atoms with van der Waals surface area (Å²) in [4.78, 5) is 8.17. The zero-order valence-electron chi connectivity index (χ0n) is 17.3. The van der Waals surface area contributed by atoms with Crippen LogP contribution >= 0.6 is 11.8 Å². The lowest BCUT2D eigenvalue weighted by atomic mass is 10.1. The molecule has 2 aromatic heterocycles. The van der Waals surface area contributed by atoms with E-state index in [1.54, 1.807) is 7.11 Å². The van der Waals surface area contributed by atoms with Crippen LogP contribution in [0.4, 0.5) is 11.6 Å². The van der Waals surface area contributed by atoms with Gasteiger partial charge < -0.3 is 20.1 Å². The Kier molecular flexibility index (Phi) is 6.54. The number of H-pyrrole nitrogens is 1. The highest BCUT2D eigenvalue weighted by Gasteiger charge is 2.20. The summed E-state index contributed by atoms with van der Waals surface area (Å²) in [7, 11) is 1.64. The molecule has 3 N–H and O–H groups in total. The van der Waals surface area contributed by atoms with Crippen molar-refractivity contribution in [2.75, 3.05) is 37.9 Å². The Morgan fingerprint density at radius 3 is 2.81 bits per heavy atom. The van der Waals surface area contributed by atoms with E-state index in [0.29, 0.717) is 29.2 Å². The Hall–Kier alpha value is -3.29. The molecule has 1 saturated heterocycles. The van der Waals surface area contributed by atoms with E-state index < -0.39 is 0 Å². The molecule has 10 heteroatoms. The maximum Gasteiger partial charge on any atom is 0.158 e. The van der Waals surface area contributed by atoms with Crippen molar-refractivity contribution in [2.45, 2.75) is 12.2 Å². The second-order valence-corrected chi connectivity index (χ2v) is 8.45. The van der Waals surface area contributed by atoms with E-state index in [2.05, 4.69) is 30.8 Å². The molecule has 1 fully saturated rings. The number of benzene rings is 1. The van der Waals surface area contributed by atoms with E-state index in [9.17, 15) is 0 Å². The van der Waals surface area contributed by atoms with Gasteiger partial charge in [-0.15, -0.1) is 0 Å². The monoisotopic (exact) mass is 437 g/mol. The molecule has 0 bridgehead atoms. The SMILES string of the molecule is COc1cc(C)cc(OC[C@@H]2CNCCS2)c1-c1cc(Nc2cnc(C#N)cn2)n[nH]1. The van der Waals surface area contributed by atoms with Crippen LogP contribution in [-0.2, 0) is 0 Å². The topological polar surface area (TPSA) is 121 Å². The molecule has 0 spiro atoms. The van der Waals surface area contributed by atoms with Crippen molar-refractivity contribution >= 4 is 23.4 Å². The van der Waals surface area contributed by atoms with Gasteiger partial charge in [0.15, 0.2) is 11.5 Å². The molecule has 0 unspecified atom stereocenters. The molecule has 4 rings (SSSR count). The highest BCUT2D eigenvalue weighted by Crippen LogP contribution is 2.40. The van der Waals surface area contributed by atoms with Crippen LogP contribution in [0.3, 0.4) is 0 Å². The van der Waals surface area contributed by atoms with Crippen LogP contribution in [-0.4, -0.2) is 58.0 Å². The molecule has 1 aliphatic heterocycles. The summed E-state index contributed by atoms with van der Waals surface area (Å²) in [6.45, 7) is 4.60. The number of nitrogens with zero attached hydrogens (tertiary/aromatic N) is 4. The molecule has 160 valence electrons. The fraction of sp³-hybridized carbons (Fsp3) is 0.333. The number of nitriles is 1. The lowest BCUT2D eigenvalue weighted by molar-refractivity contribution is 0.311. The van der Waals surface area contributed by atoms with E-state index >= 15 is 0 Å². The quantitative estimate of drug-likeness (QED) is 0.512. The number of anilines is 2. The molecule has 31 heavy (non-hydrogen) atoms. The summed E-state index contributed by atoms with van der Waals surface area (Å²) in [5.74, 6) is 3.60. The molecule has 1 atom stereocenters. The number of hydrogen-bond acceptors (Lipinski definition) is 9. The Labute approximate surface area is 184 Å². The first-order valence-corrected chi connectivity index (χ1v) is 10.9. The van der Waals surface area contributed by atoms with Crippen LogP contribution in [0.25, 0.3) is 11.3 Å². The van der Waals surface area contributed by atoms with Crippen molar-refractivity contribution < 1.29 is 9.47 Å². The molecular formula is C21H23N7O2S. The van der Waals surface area contributed by atoms with Gasteiger partial charge in [0.2, 0.25) is 0 Å². The van der Waals surface area contributed by atoms with Gasteiger partial charge in [-0.25, -0.2) is 9.97 Å². The van der Waals surface area contributed by atoms with Crippen LogP contribution in [0.1, 0.15) is 11.3 Å². The number of nitrogens with one attached hydrogen (secondary N) is 3. The van der Waals surface area contributed by atoms with Gasteiger partial charge >= 0.3 is 0 Å². The highest BCUT2D eigenvalue weighted by atomic mass is 32.2. The normalized spacial score (nSPS) is 15.8. The molecule has 3 heterocycles. The Morgan fingerprint density at radius 2 is 2.10 bits per heavy atom. The number of hydrogen-bond donors (Lipinski definition) is 3. The van der Waals surface area contributed by atoms with E-state index in [0.717, 1.165) is 41.4 Å². The number of methoxy groups -OCH3 is 1. The van der Waals surface area contributed by atoms with Crippen molar-refractivity contribution in [2.24, 2.45) is 0 Å². The zero-order valence-corrected chi connectivity index (χ0v) is 18.1. The number of rotatable bonds is 7. The minimum absolute atomic E-state index is 0.255. The average Bonchev–Trinajstić information content (AvgIpc) is 3.26. The van der Waals surface area contributed by atoms with Crippen LogP contribution in [0, 0.1) is 18.3 Å². The third-order valence-electron chi connectivity index (χ3n) is 4.73. The molecular weight excluding hydrogens is 414 g/mol. The van der Waals surface area contributed by atoms with E-state index in [4.69, 9.17) is 14.7 Å². The molecule has 0 aliphatic carbocycles. The van der Waals surface area contributed by atoms with Gasteiger partial charge in [-0.2, -0.15) is 22.1 Å². The minimum atomic E-state index is 0.255. The number of aryl methyl sites for hydroxylation is 1. The first kappa shape index (κ1) is 21.0. The fourth-order valence-electron chi connectivity index (χ4n) is 3.27. The molecule has 0 radical (unpaired) electrons. The van der Waals surface area contributed by atoms with Gasteiger partial charge in [0, 0.05) is 24.9 Å². The van der Waals surface area contributed by atoms with Crippen molar-refractivity contribution in [3.05, 3.63) is 41.9 Å². The summed E-state index contributed by atoms with van der Waals surface area (Å²) < 4.78 is 11.9. The van der Waals surface area contributed by atoms with Crippen molar-refractivity contribution in [1.29, 1.82) is 5.26 Å². The predicted octanol–water partition coefficient (Wildman–Crippen LogP) is 2.88. The Bertz CT molecular complexity index is 1070. The second kappa shape index (κ2) is 9.68. The van der Waals surface area contributed by atoms with Gasteiger partial charge in [-0.05, 0) is 24.6 Å². The molecule has 9 nitrogen and oxygen atoms in total. The third kappa shape index (κ3) is 5.07. The summed E-state index contributed by atoms with van der Waals surface area (Å²) in [5.41, 5.74) is 2.88. The fourth-order valence-corrected chi connectivity index (χ4v) is 4.26. The summed E-state index contributed by atoms with van der Waals surface area (Å²) >= 11 is 1.92. The number of aromatic nitrogens is 4. The number of aromatic amines is 1. The van der Waals surface area contributed by atoms with E-state index in [1.165, 1.54) is 12.4 Å². The smallest absolute Gasteiger partial charge is 0.158 e. The van der Waals surface area contributed by atoms with Gasteiger partial charge in [-0.3, -0.25) is 5.10 Å². The third-order valence-corrected chi connectivity index (χ3v) is 5.94. The average molecular weight is 438 g/mol. The molecule has 1 aromatic carbocycles. The van der Waals surface area contributed by atoms with Gasteiger partial charge in [0.05, 0.1) is 36.0 Å². The highest BCUT2D eigenvalue weighted by molar-refractivity contribution is 8.00. The Morgan fingerprint density at radius 1 is 1.23 bits per heavy atom. The van der Waals surface area contributed by atoms with Gasteiger partial charge in [-0.1, -0.05) is 0 Å². The van der Waals surface area contributed by atoms with Crippen molar-refractivity contribution in [3.63, 3.8) is 0 Å². The molecule has 0 saturated carbocycles. The summed E-state index contributed by atoms with van der Waals surface area (Å²) in [6.07, 6.45) is 2.90. The number of ether oxygens (including phenoxy) is 2. The summed E-state index contributed by atoms with van der Waals surface area (Å²) in [5, 5.41) is 23.1. The predicted molar refractivity (Wildman–Crippen MR) is 120 cm³/mol. The van der Waals surface area contributed by atoms with Crippen LogP contribution < -0.4 is 20.1 Å². The molecule has 0 amide bonds. The maximum absolute atomic E-state index is 8.85. The second-order valence-electron chi connectivity index (χ2n) is 7.04. The van der Waals surface area contributed by atoms with E-state index in [-0.39, 0.29) is 5.69 Å². The van der Waals surface area contributed by atoms with Gasteiger partial charge in [0.1, 0.15) is 30.0 Å². The van der Waals surface area contributed by atoms with Crippen molar-refractivity contribution in [3.8, 4) is 28.8 Å². The Balaban J connectivity index is 1.58. The van der Waals surface area contributed by atoms with Crippen LogP contribution in [0.15, 0.2) is 30.6 Å². The van der Waals surface area contributed by atoms with E-state index in [1.807, 2.05) is 43.0 Å². The lowest BCUT2D eigenvalue weighted by Gasteiger charge is -2.23. The lowest BCUT2D eigenvalue weighted by Crippen LogP contribution is -2.36. The molecule has 1 aliphatic rings. The van der Waals surface area contributed by atoms with Gasteiger partial charge in [0.25, 0.3) is 0 Å². The maximum atomic E-state index is 8.85. The standard InChI is InChI=1S/C21H23N7O2S/c1-13-5-17(29-2)21(18(6-13)30-12-15-10-23-3-4-31-15)16-7-19(28-27-16)26-20-11-24-14(8-22)9-25-20/h5-7,9,11,15,23H,3-4,10,12H2,1-2H3,(H2,25,26,27,28)/t15-/m0/s1. The first-order chi connectivity index (χ1) is 15.2. The van der Waals surface area contributed by atoms with Crippen LogP contribution in [0.2, 0.25) is 0 Å². The van der Waals surface area contributed by atoms with Crippen molar-refractivity contribution in [1.82, 2.24) is 25.5 Å². The summed E-state index contributed by atoms with van der Waals surface area (Å²) in [6, 6.07) is 7.79. The van der Waals surface area contributed by atoms with Crippen LogP contribution in [0.5, 0.6) is 11.5 Å². The largest absolute Gasteiger partial charge is 0.496 e. The number of thioether (sulfide) groups is 1. The minimum Gasteiger partial charge on any atom is -0.496 e. The zero-order chi connectivity index (χ0) is 21.6. The molecule has 3 aromatic rings.